The predicted octanol–water partition coefficient (Wildman–Crippen LogP) is 5.36. The van der Waals surface area contributed by atoms with Gasteiger partial charge in [0, 0.05) is 22.0 Å². The fraction of sp³-hybridized carbons (Fsp3) is 0.217. The van der Waals surface area contributed by atoms with Crippen molar-refractivity contribution in [1.29, 1.82) is 0 Å². The molecule has 0 aliphatic heterocycles. The van der Waals surface area contributed by atoms with Crippen LogP contribution in [0.3, 0.4) is 0 Å². The average molecular weight is 451 g/mol. The molecule has 6 nitrogen and oxygen atoms in total. The van der Waals surface area contributed by atoms with Gasteiger partial charge in [-0.1, -0.05) is 53.7 Å². The number of pyridine rings is 1. The maximum absolute atomic E-state index is 12.2. The maximum atomic E-state index is 12.2. The van der Waals surface area contributed by atoms with Gasteiger partial charge in [-0.2, -0.15) is 0 Å². The molecule has 4 aromatic rings. The average Bonchev–Trinajstić information content (AvgIpc) is 3.48. The molecule has 0 bridgehead atoms. The number of aromatic nitrogens is 3. The highest BCUT2D eigenvalue weighted by Gasteiger charge is 2.27. The summed E-state index contributed by atoms with van der Waals surface area (Å²) in [6.45, 7) is 1.84. The highest BCUT2D eigenvalue weighted by atomic mass is 35.5. The van der Waals surface area contributed by atoms with E-state index in [0.717, 1.165) is 40.6 Å². The summed E-state index contributed by atoms with van der Waals surface area (Å²) in [5, 5.41) is 13.0. The van der Waals surface area contributed by atoms with E-state index in [4.69, 9.17) is 21.0 Å². The number of halogens is 1. The SMILES string of the molecule is C[C@H](Sc1nnc(-c2cc(-c3ccc(Cl)cc3)nc3ccccc23)o1)C(=O)NC1CC1. The minimum Gasteiger partial charge on any atom is -0.411 e. The number of rotatable bonds is 6. The molecule has 2 aromatic heterocycles. The van der Waals surface area contributed by atoms with E-state index in [9.17, 15) is 4.79 Å². The smallest absolute Gasteiger partial charge is 0.277 e. The lowest BCUT2D eigenvalue weighted by atomic mass is 10.0. The van der Waals surface area contributed by atoms with Crippen LogP contribution in [0.25, 0.3) is 33.6 Å². The number of nitrogens with zero attached hydrogens (tertiary/aromatic N) is 3. The second-order valence-corrected chi connectivity index (χ2v) is 9.22. The molecule has 0 unspecified atom stereocenters. The molecule has 2 heterocycles. The van der Waals surface area contributed by atoms with Gasteiger partial charge in [0.2, 0.25) is 11.8 Å². The summed E-state index contributed by atoms with van der Waals surface area (Å²) in [5.41, 5.74) is 3.35. The Kier molecular flexibility index (Phi) is 5.38. The third-order valence-electron chi connectivity index (χ3n) is 5.06. The van der Waals surface area contributed by atoms with E-state index in [-0.39, 0.29) is 11.2 Å². The molecule has 5 rings (SSSR count). The summed E-state index contributed by atoms with van der Waals surface area (Å²) in [4.78, 5) is 17.0. The van der Waals surface area contributed by atoms with Crippen LogP contribution in [-0.2, 0) is 4.79 Å². The van der Waals surface area contributed by atoms with E-state index >= 15 is 0 Å². The molecule has 0 saturated heterocycles. The van der Waals surface area contributed by atoms with E-state index in [2.05, 4.69) is 15.5 Å². The number of carbonyl (C=O) groups excluding carboxylic acids is 1. The van der Waals surface area contributed by atoms with Crippen molar-refractivity contribution in [2.45, 2.75) is 36.3 Å². The Balaban J connectivity index is 1.48. The summed E-state index contributed by atoms with van der Waals surface area (Å²) in [7, 11) is 0. The molecule has 1 saturated carbocycles. The molecular formula is C23H19ClN4O2S. The normalized spacial score (nSPS) is 14.5. The standard InChI is InChI=1S/C23H19ClN4O2S/c1-13(21(29)25-16-10-11-16)31-23-28-27-22(30-23)18-12-20(14-6-8-15(24)9-7-14)26-19-5-3-2-4-17(18)19/h2-9,12-13,16H,10-11H2,1H3,(H,25,29)/t13-/m0/s1. The first kappa shape index (κ1) is 20.0. The Hall–Kier alpha value is -2.90. The van der Waals surface area contributed by atoms with Gasteiger partial charge in [0.25, 0.3) is 5.22 Å². The third kappa shape index (κ3) is 4.43. The number of benzene rings is 2. The molecule has 156 valence electrons. The Labute approximate surface area is 188 Å². The van der Waals surface area contributed by atoms with Crippen molar-refractivity contribution in [2.24, 2.45) is 0 Å². The van der Waals surface area contributed by atoms with Gasteiger partial charge in [-0.15, -0.1) is 10.2 Å². The summed E-state index contributed by atoms with van der Waals surface area (Å²) in [5.74, 6) is 0.387. The second-order valence-electron chi connectivity index (χ2n) is 7.50. The highest BCUT2D eigenvalue weighted by Crippen LogP contribution is 2.33. The van der Waals surface area contributed by atoms with Crippen molar-refractivity contribution in [3.8, 4) is 22.7 Å². The molecule has 1 amide bonds. The topological polar surface area (TPSA) is 80.9 Å². The minimum atomic E-state index is -0.312. The number of hydrogen-bond acceptors (Lipinski definition) is 6. The van der Waals surface area contributed by atoms with E-state index in [1.807, 2.05) is 61.5 Å². The molecule has 0 spiro atoms. The zero-order chi connectivity index (χ0) is 21.4. The fourth-order valence-electron chi connectivity index (χ4n) is 3.24. The molecule has 1 fully saturated rings. The van der Waals surface area contributed by atoms with Crippen LogP contribution in [0, 0.1) is 0 Å². The lowest BCUT2D eigenvalue weighted by Gasteiger charge is -2.09. The number of carbonyl (C=O) groups is 1. The molecule has 1 atom stereocenters. The first-order chi connectivity index (χ1) is 15.1. The predicted molar refractivity (Wildman–Crippen MR) is 122 cm³/mol. The van der Waals surface area contributed by atoms with E-state index < -0.39 is 0 Å². The lowest BCUT2D eigenvalue weighted by Crippen LogP contribution is -2.32. The molecule has 2 aromatic carbocycles. The van der Waals surface area contributed by atoms with Crippen LogP contribution in [0.5, 0.6) is 0 Å². The number of thioether (sulfide) groups is 1. The summed E-state index contributed by atoms with van der Waals surface area (Å²) < 4.78 is 5.94. The highest BCUT2D eigenvalue weighted by molar-refractivity contribution is 8.00. The van der Waals surface area contributed by atoms with Crippen molar-refractivity contribution >= 4 is 40.2 Å². The monoisotopic (exact) mass is 450 g/mol. The van der Waals surface area contributed by atoms with Crippen molar-refractivity contribution in [3.05, 3.63) is 59.6 Å². The van der Waals surface area contributed by atoms with Gasteiger partial charge in [0.05, 0.1) is 22.0 Å². The van der Waals surface area contributed by atoms with Crippen LogP contribution in [0.4, 0.5) is 0 Å². The Morgan fingerprint density at radius 1 is 1.16 bits per heavy atom. The van der Waals surface area contributed by atoms with Crippen molar-refractivity contribution in [1.82, 2.24) is 20.5 Å². The number of fused-ring (bicyclic) bond motifs is 1. The first-order valence-electron chi connectivity index (χ1n) is 10.0. The van der Waals surface area contributed by atoms with E-state index in [1.165, 1.54) is 11.8 Å². The minimum absolute atomic E-state index is 0.00774. The summed E-state index contributed by atoms with van der Waals surface area (Å²) >= 11 is 7.30. The van der Waals surface area contributed by atoms with Crippen LogP contribution < -0.4 is 5.32 Å². The Morgan fingerprint density at radius 3 is 2.71 bits per heavy atom. The van der Waals surface area contributed by atoms with Gasteiger partial charge in [-0.05, 0) is 44.0 Å². The third-order valence-corrected chi connectivity index (χ3v) is 6.25. The lowest BCUT2D eigenvalue weighted by molar-refractivity contribution is -0.120. The molecule has 31 heavy (non-hydrogen) atoms. The fourth-order valence-corrected chi connectivity index (χ4v) is 4.06. The molecule has 8 heteroatoms. The molecule has 1 aliphatic carbocycles. The van der Waals surface area contributed by atoms with Crippen molar-refractivity contribution < 1.29 is 9.21 Å². The maximum Gasteiger partial charge on any atom is 0.277 e. The van der Waals surface area contributed by atoms with Gasteiger partial charge in [0.15, 0.2) is 0 Å². The number of para-hydroxylation sites is 1. The Bertz CT molecular complexity index is 1250. The number of nitrogens with one attached hydrogen (secondary N) is 1. The van der Waals surface area contributed by atoms with Gasteiger partial charge in [0.1, 0.15) is 0 Å². The summed E-state index contributed by atoms with van der Waals surface area (Å²) in [6, 6.07) is 17.6. The number of hydrogen-bond donors (Lipinski definition) is 1. The van der Waals surface area contributed by atoms with Crippen molar-refractivity contribution in [3.63, 3.8) is 0 Å². The van der Waals surface area contributed by atoms with Crippen molar-refractivity contribution in [2.75, 3.05) is 0 Å². The van der Waals surface area contributed by atoms with Crippen LogP contribution in [0.15, 0.2) is 64.2 Å². The summed E-state index contributed by atoms with van der Waals surface area (Å²) in [6.07, 6.45) is 2.11. The van der Waals surface area contributed by atoms with E-state index in [0.29, 0.717) is 22.2 Å². The molecule has 1 aliphatic rings. The van der Waals surface area contributed by atoms with Crippen LogP contribution in [0.1, 0.15) is 19.8 Å². The zero-order valence-electron chi connectivity index (χ0n) is 16.7. The molecule has 1 N–H and O–H groups in total. The number of amides is 1. The zero-order valence-corrected chi connectivity index (χ0v) is 18.3. The van der Waals surface area contributed by atoms with Crippen LogP contribution in [-0.4, -0.2) is 32.4 Å². The van der Waals surface area contributed by atoms with E-state index in [1.54, 1.807) is 0 Å². The van der Waals surface area contributed by atoms with Gasteiger partial charge >= 0.3 is 0 Å². The van der Waals surface area contributed by atoms with Gasteiger partial charge in [-0.25, -0.2) is 4.98 Å². The quantitative estimate of drug-likeness (QED) is 0.398. The molecular weight excluding hydrogens is 432 g/mol. The second kappa shape index (κ2) is 8.32. The van der Waals surface area contributed by atoms with Crippen LogP contribution in [0.2, 0.25) is 5.02 Å². The van der Waals surface area contributed by atoms with Gasteiger partial charge in [-0.3, -0.25) is 4.79 Å². The molecule has 0 radical (unpaired) electrons. The first-order valence-corrected chi connectivity index (χ1v) is 11.3. The Morgan fingerprint density at radius 2 is 1.94 bits per heavy atom. The largest absolute Gasteiger partial charge is 0.411 e. The van der Waals surface area contributed by atoms with Gasteiger partial charge < -0.3 is 9.73 Å². The van der Waals surface area contributed by atoms with Crippen LogP contribution >= 0.6 is 23.4 Å².